The molecule has 0 unspecified atom stereocenters. The molecule has 0 radical (unpaired) electrons. The number of para-hydroxylation sites is 1. The molecule has 0 saturated carbocycles. The first-order chi connectivity index (χ1) is 13.9. The number of thiophene rings is 1. The van der Waals surface area contributed by atoms with E-state index in [-0.39, 0.29) is 22.9 Å². The molecule has 0 spiro atoms. The van der Waals surface area contributed by atoms with E-state index >= 15 is 0 Å². The molecule has 1 amide bonds. The van der Waals surface area contributed by atoms with E-state index in [4.69, 9.17) is 0 Å². The fourth-order valence-electron chi connectivity index (χ4n) is 3.92. The summed E-state index contributed by atoms with van der Waals surface area (Å²) < 4.78 is 16.2. The normalized spacial score (nSPS) is 19.6. The van der Waals surface area contributed by atoms with E-state index in [0.29, 0.717) is 27.2 Å². The van der Waals surface area contributed by atoms with E-state index < -0.39 is 5.82 Å². The van der Waals surface area contributed by atoms with Crippen molar-refractivity contribution in [1.29, 1.82) is 0 Å². The molecule has 152 valence electrons. The molecule has 2 atom stereocenters. The number of amides is 1. The number of rotatable bonds is 4. The monoisotopic (exact) mass is 431 g/mol. The van der Waals surface area contributed by atoms with Gasteiger partial charge in [-0.2, -0.15) is 0 Å². The minimum absolute atomic E-state index is 0.0214. The summed E-state index contributed by atoms with van der Waals surface area (Å²) in [6.07, 6.45) is 1.13. The summed E-state index contributed by atoms with van der Waals surface area (Å²) in [4.78, 5) is 32.3. The van der Waals surface area contributed by atoms with Crippen molar-refractivity contribution in [3.8, 4) is 5.69 Å². The number of thioether (sulfide) groups is 1. The van der Waals surface area contributed by atoms with Gasteiger partial charge in [-0.05, 0) is 41.8 Å². The highest BCUT2D eigenvalue weighted by atomic mass is 32.2. The number of likely N-dealkylation sites (tertiary alicyclic amines) is 1. The molecule has 1 saturated heterocycles. The third-order valence-corrected chi connectivity index (χ3v) is 6.90. The Morgan fingerprint density at radius 1 is 1.24 bits per heavy atom. The second kappa shape index (κ2) is 8.28. The van der Waals surface area contributed by atoms with E-state index in [1.807, 2.05) is 4.90 Å². The van der Waals surface area contributed by atoms with Crippen LogP contribution in [0.5, 0.6) is 0 Å². The van der Waals surface area contributed by atoms with E-state index in [1.54, 1.807) is 29.6 Å². The minimum atomic E-state index is -0.501. The van der Waals surface area contributed by atoms with Crippen LogP contribution in [0.15, 0.2) is 45.7 Å². The number of hydrogen-bond acceptors (Lipinski definition) is 5. The maximum atomic E-state index is 14.5. The highest BCUT2D eigenvalue weighted by Crippen LogP contribution is 2.26. The van der Waals surface area contributed by atoms with Crippen molar-refractivity contribution in [3.05, 3.63) is 51.9 Å². The predicted molar refractivity (Wildman–Crippen MR) is 115 cm³/mol. The van der Waals surface area contributed by atoms with Gasteiger partial charge in [-0.15, -0.1) is 11.3 Å². The Bertz CT molecular complexity index is 1100. The van der Waals surface area contributed by atoms with Crippen LogP contribution in [-0.4, -0.2) is 39.2 Å². The summed E-state index contributed by atoms with van der Waals surface area (Å²) in [5.74, 6) is 0.636. The Morgan fingerprint density at radius 2 is 1.97 bits per heavy atom. The third-order valence-electron chi connectivity index (χ3n) is 5.09. The van der Waals surface area contributed by atoms with Crippen LogP contribution in [0.4, 0.5) is 4.39 Å². The molecule has 0 N–H and O–H groups in total. The maximum absolute atomic E-state index is 14.5. The Kier molecular flexibility index (Phi) is 5.74. The molecular weight excluding hydrogens is 409 g/mol. The predicted octanol–water partition coefficient (Wildman–Crippen LogP) is 4.18. The Morgan fingerprint density at radius 3 is 2.69 bits per heavy atom. The molecule has 1 aliphatic heterocycles. The van der Waals surface area contributed by atoms with Gasteiger partial charge in [0.15, 0.2) is 5.16 Å². The van der Waals surface area contributed by atoms with Crippen LogP contribution in [-0.2, 0) is 4.79 Å². The summed E-state index contributed by atoms with van der Waals surface area (Å²) >= 11 is 2.47. The summed E-state index contributed by atoms with van der Waals surface area (Å²) in [7, 11) is 0. The van der Waals surface area contributed by atoms with Gasteiger partial charge in [0.2, 0.25) is 5.91 Å². The Hall–Kier alpha value is -2.19. The first-order valence-electron chi connectivity index (χ1n) is 9.59. The molecule has 1 aliphatic rings. The quantitative estimate of drug-likeness (QED) is 0.459. The minimum Gasteiger partial charge on any atom is -0.341 e. The van der Waals surface area contributed by atoms with Gasteiger partial charge in [0.25, 0.3) is 5.56 Å². The number of carbonyl (C=O) groups excluding carboxylic acids is 1. The highest BCUT2D eigenvalue weighted by molar-refractivity contribution is 7.99. The Balaban J connectivity index is 1.66. The molecule has 3 heterocycles. The number of halogens is 1. The molecule has 0 aliphatic carbocycles. The van der Waals surface area contributed by atoms with Crippen molar-refractivity contribution < 1.29 is 9.18 Å². The van der Waals surface area contributed by atoms with Gasteiger partial charge in [0, 0.05) is 13.1 Å². The molecule has 3 aromatic rings. The number of aromatic nitrogens is 2. The summed E-state index contributed by atoms with van der Waals surface area (Å²) in [5.41, 5.74) is 0.406. The van der Waals surface area contributed by atoms with E-state index in [2.05, 4.69) is 18.8 Å². The van der Waals surface area contributed by atoms with Crippen molar-refractivity contribution in [2.45, 2.75) is 25.4 Å². The van der Waals surface area contributed by atoms with E-state index in [0.717, 1.165) is 19.5 Å². The molecule has 1 fully saturated rings. The summed E-state index contributed by atoms with van der Waals surface area (Å²) in [6.45, 7) is 5.82. The molecule has 1 aromatic carbocycles. The smallest absolute Gasteiger partial charge is 0.276 e. The average Bonchev–Trinajstić information content (AvgIpc) is 3.15. The van der Waals surface area contributed by atoms with Crippen LogP contribution in [0.1, 0.15) is 20.3 Å². The molecule has 5 nitrogen and oxygen atoms in total. The van der Waals surface area contributed by atoms with Crippen molar-refractivity contribution >= 4 is 39.2 Å². The molecule has 4 rings (SSSR count). The molecular formula is C21H22FN3O2S2. The van der Waals surface area contributed by atoms with Crippen molar-refractivity contribution in [2.24, 2.45) is 11.8 Å². The number of piperidine rings is 1. The third kappa shape index (κ3) is 4.09. The molecule has 8 heteroatoms. The first-order valence-corrected chi connectivity index (χ1v) is 11.5. The zero-order chi connectivity index (χ0) is 20.5. The molecule has 0 bridgehead atoms. The standard InChI is InChI=1S/C21H22FN3O2S2/c1-13-9-14(2)11-24(10-13)18(26)12-29-21-23-16-7-8-28-19(16)20(27)25(21)17-6-4-3-5-15(17)22/h3-8,13-14H,9-12H2,1-2H3/t13-,14-/m1/s1. The number of carbonyl (C=O) groups is 1. The SMILES string of the molecule is C[C@@H]1C[C@@H](C)CN(C(=O)CSc2nc3ccsc3c(=O)n2-c2ccccc2F)C1. The molecule has 2 aromatic heterocycles. The number of fused-ring (bicyclic) bond motifs is 1. The van der Waals surface area contributed by atoms with Gasteiger partial charge in [-0.25, -0.2) is 9.37 Å². The van der Waals surface area contributed by atoms with E-state index in [1.165, 1.54) is 33.7 Å². The lowest BCUT2D eigenvalue weighted by Crippen LogP contribution is -2.43. The van der Waals surface area contributed by atoms with Crippen LogP contribution in [0.3, 0.4) is 0 Å². The number of benzene rings is 1. The maximum Gasteiger partial charge on any atom is 0.276 e. The Labute approximate surface area is 176 Å². The lowest BCUT2D eigenvalue weighted by atomic mass is 9.92. The van der Waals surface area contributed by atoms with Gasteiger partial charge in [-0.1, -0.05) is 37.7 Å². The summed E-state index contributed by atoms with van der Waals surface area (Å²) in [5, 5.41) is 2.12. The molecule has 29 heavy (non-hydrogen) atoms. The first kappa shape index (κ1) is 20.1. The van der Waals surface area contributed by atoms with Gasteiger partial charge >= 0.3 is 0 Å². The highest BCUT2D eigenvalue weighted by Gasteiger charge is 2.26. The lowest BCUT2D eigenvalue weighted by molar-refractivity contribution is -0.130. The fraction of sp³-hybridized carbons (Fsp3) is 0.381. The fourth-order valence-corrected chi connectivity index (χ4v) is 5.59. The van der Waals surface area contributed by atoms with Gasteiger partial charge in [0.05, 0.1) is 17.0 Å². The van der Waals surface area contributed by atoms with Gasteiger partial charge in [0.1, 0.15) is 10.5 Å². The van der Waals surface area contributed by atoms with Crippen LogP contribution < -0.4 is 5.56 Å². The van der Waals surface area contributed by atoms with Crippen molar-refractivity contribution in [3.63, 3.8) is 0 Å². The largest absolute Gasteiger partial charge is 0.341 e. The number of hydrogen-bond donors (Lipinski definition) is 0. The lowest BCUT2D eigenvalue weighted by Gasteiger charge is -2.35. The zero-order valence-electron chi connectivity index (χ0n) is 16.3. The van der Waals surface area contributed by atoms with Gasteiger partial charge in [-0.3, -0.25) is 14.2 Å². The van der Waals surface area contributed by atoms with Crippen LogP contribution in [0, 0.1) is 17.7 Å². The van der Waals surface area contributed by atoms with Crippen molar-refractivity contribution in [2.75, 3.05) is 18.8 Å². The van der Waals surface area contributed by atoms with Gasteiger partial charge < -0.3 is 4.90 Å². The second-order valence-corrected chi connectivity index (χ2v) is 9.51. The van der Waals surface area contributed by atoms with E-state index in [9.17, 15) is 14.0 Å². The average molecular weight is 432 g/mol. The zero-order valence-corrected chi connectivity index (χ0v) is 17.9. The van der Waals surface area contributed by atoms with Crippen molar-refractivity contribution in [1.82, 2.24) is 14.5 Å². The second-order valence-electron chi connectivity index (χ2n) is 7.65. The van der Waals surface area contributed by atoms with Crippen LogP contribution in [0.2, 0.25) is 0 Å². The van der Waals surface area contributed by atoms with Crippen LogP contribution >= 0.6 is 23.1 Å². The number of nitrogens with zero attached hydrogens (tertiary/aromatic N) is 3. The van der Waals surface area contributed by atoms with Crippen LogP contribution in [0.25, 0.3) is 15.9 Å². The summed E-state index contributed by atoms with van der Waals surface area (Å²) in [6, 6.07) is 7.90. The topological polar surface area (TPSA) is 55.2 Å².